The van der Waals surface area contributed by atoms with Gasteiger partial charge in [-0.3, -0.25) is 16.6 Å². The average Bonchev–Trinajstić information content (AvgIpc) is 2.08. The quantitative estimate of drug-likeness (QED) is 0.261. The van der Waals surface area contributed by atoms with E-state index in [1.165, 1.54) is 0 Å². The van der Waals surface area contributed by atoms with E-state index in [4.69, 9.17) is 11.7 Å². The van der Waals surface area contributed by atoms with Crippen LogP contribution in [0.3, 0.4) is 0 Å². The molecule has 0 radical (unpaired) electrons. The Morgan fingerprint density at radius 2 is 1.85 bits per heavy atom. The number of piperazine rings is 1. The first-order valence-electron chi connectivity index (χ1n) is 4.47. The molecule has 1 heterocycles. The number of likely N-dealkylation sites (N-methyl/N-ethyl adjacent to an activating group) is 1. The Kier molecular flexibility index (Phi) is 4.04. The van der Waals surface area contributed by atoms with Crippen LogP contribution in [-0.2, 0) is 0 Å². The number of hydrogen-bond acceptors (Lipinski definition) is 6. The summed E-state index contributed by atoms with van der Waals surface area (Å²) in [5.74, 6) is 10.4. The molecule has 78 valence electrons. The van der Waals surface area contributed by atoms with Crippen LogP contribution in [0.2, 0.25) is 0 Å². The van der Waals surface area contributed by atoms with E-state index in [-0.39, 0.29) is 0 Å². The van der Waals surface area contributed by atoms with Crippen molar-refractivity contribution in [3.8, 4) is 0 Å². The van der Waals surface area contributed by atoms with Crippen molar-refractivity contribution in [3.63, 3.8) is 0 Å². The van der Waals surface area contributed by atoms with E-state index in [0.717, 1.165) is 31.3 Å². The highest BCUT2D eigenvalue weighted by Crippen LogP contribution is 2.00. The van der Waals surface area contributed by atoms with Crippen LogP contribution < -0.4 is 11.7 Å². The number of aliphatic hydroxyl groups is 1. The SMILES string of the molecule is CN1CCN(CC(O)N(N)N)CC1. The summed E-state index contributed by atoms with van der Waals surface area (Å²) in [6.07, 6.45) is -0.775. The van der Waals surface area contributed by atoms with Crippen LogP contribution in [0, 0.1) is 0 Å². The highest BCUT2D eigenvalue weighted by Gasteiger charge is 2.18. The molecule has 6 nitrogen and oxygen atoms in total. The van der Waals surface area contributed by atoms with Crippen LogP contribution in [0.15, 0.2) is 0 Å². The monoisotopic (exact) mass is 189 g/mol. The minimum Gasteiger partial charge on any atom is -0.374 e. The molecule has 0 aromatic carbocycles. The third-order valence-electron chi connectivity index (χ3n) is 2.36. The van der Waals surface area contributed by atoms with Crippen molar-refractivity contribution in [2.45, 2.75) is 6.23 Å². The van der Waals surface area contributed by atoms with Crippen molar-refractivity contribution < 1.29 is 5.11 Å². The summed E-state index contributed by atoms with van der Waals surface area (Å²) in [6, 6.07) is 0. The second-order valence-electron chi connectivity index (χ2n) is 3.53. The molecule has 0 aromatic rings. The summed E-state index contributed by atoms with van der Waals surface area (Å²) in [4.78, 5) is 4.41. The average molecular weight is 189 g/mol. The largest absolute Gasteiger partial charge is 0.374 e. The topological polar surface area (TPSA) is 82.0 Å². The lowest BCUT2D eigenvalue weighted by atomic mass is 10.3. The summed E-state index contributed by atoms with van der Waals surface area (Å²) >= 11 is 0. The molecule has 1 rings (SSSR count). The predicted molar refractivity (Wildman–Crippen MR) is 50.2 cm³/mol. The smallest absolute Gasteiger partial charge is 0.146 e. The summed E-state index contributed by atoms with van der Waals surface area (Å²) in [5, 5.41) is 10.2. The molecular formula is C7H19N5O. The van der Waals surface area contributed by atoms with Gasteiger partial charge in [-0.2, -0.15) is 5.12 Å². The van der Waals surface area contributed by atoms with Crippen molar-refractivity contribution in [2.75, 3.05) is 39.8 Å². The lowest BCUT2D eigenvalue weighted by molar-refractivity contribution is -0.0301. The lowest BCUT2D eigenvalue weighted by Crippen LogP contribution is -2.54. The van der Waals surface area contributed by atoms with Gasteiger partial charge in [-0.05, 0) is 7.05 Å². The summed E-state index contributed by atoms with van der Waals surface area (Å²) in [6.45, 7) is 4.49. The van der Waals surface area contributed by atoms with Gasteiger partial charge in [0.25, 0.3) is 0 Å². The number of β-amino-alcohol motifs (C(OH)–C–C–N with tert-alkyl or cyclic N) is 1. The summed E-state index contributed by atoms with van der Waals surface area (Å²) in [5.41, 5.74) is 0. The number of nitrogens with two attached hydrogens (primary N) is 2. The van der Waals surface area contributed by atoms with Crippen molar-refractivity contribution in [1.82, 2.24) is 14.9 Å². The molecular weight excluding hydrogens is 170 g/mol. The van der Waals surface area contributed by atoms with Gasteiger partial charge >= 0.3 is 0 Å². The van der Waals surface area contributed by atoms with Gasteiger partial charge in [0.15, 0.2) is 0 Å². The Labute approximate surface area is 78.6 Å². The van der Waals surface area contributed by atoms with Gasteiger partial charge in [-0.25, -0.2) is 0 Å². The second kappa shape index (κ2) is 4.85. The third kappa shape index (κ3) is 3.55. The zero-order valence-corrected chi connectivity index (χ0v) is 8.06. The number of nitrogens with zero attached hydrogens (tertiary/aromatic N) is 3. The van der Waals surface area contributed by atoms with Gasteiger partial charge in [-0.1, -0.05) is 0 Å². The van der Waals surface area contributed by atoms with Gasteiger partial charge in [0.1, 0.15) is 6.23 Å². The number of hydrazine groups is 2. The molecule has 1 unspecified atom stereocenters. The van der Waals surface area contributed by atoms with E-state index >= 15 is 0 Å². The fourth-order valence-corrected chi connectivity index (χ4v) is 1.36. The number of aliphatic hydroxyl groups excluding tert-OH is 1. The zero-order chi connectivity index (χ0) is 9.84. The maximum Gasteiger partial charge on any atom is 0.146 e. The van der Waals surface area contributed by atoms with E-state index in [0.29, 0.717) is 6.54 Å². The van der Waals surface area contributed by atoms with E-state index in [1.54, 1.807) is 0 Å². The molecule has 1 saturated heterocycles. The molecule has 5 N–H and O–H groups in total. The van der Waals surface area contributed by atoms with Crippen LogP contribution in [-0.4, -0.2) is 66.0 Å². The summed E-state index contributed by atoms with van der Waals surface area (Å²) in [7, 11) is 2.09. The minimum absolute atomic E-state index is 0.515. The van der Waals surface area contributed by atoms with Crippen LogP contribution in [0.25, 0.3) is 0 Å². The molecule has 0 amide bonds. The molecule has 1 atom stereocenters. The van der Waals surface area contributed by atoms with Crippen molar-refractivity contribution in [3.05, 3.63) is 0 Å². The zero-order valence-electron chi connectivity index (χ0n) is 8.06. The van der Waals surface area contributed by atoms with Crippen LogP contribution >= 0.6 is 0 Å². The van der Waals surface area contributed by atoms with E-state index in [1.807, 2.05) is 0 Å². The van der Waals surface area contributed by atoms with Crippen molar-refractivity contribution in [1.29, 1.82) is 0 Å². The Morgan fingerprint density at radius 1 is 1.31 bits per heavy atom. The minimum atomic E-state index is -0.775. The maximum atomic E-state index is 9.37. The van der Waals surface area contributed by atoms with Crippen LogP contribution in [0.1, 0.15) is 0 Å². The molecule has 0 aliphatic carbocycles. The second-order valence-corrected chi connectivity index (χ2v) is 3.53. The number of rotatable bonds is 3. The Balaban J connectivity index is 2.22. The first-order valence-corrected chi connectivity index (χ1v) is 4.47. The van der Waals surface area contributed by atoms with Gasteiger partial charge in [0.05, 0.1) is 0 Å². The molecule has 0 aromatic heterocycles. The molecule has 1 aliphatic rings. The van der Waals surface area contributed by atoms with Crippen molar-refractivity contribution in [2.24, 2.45) is 11.7 Å². The van der Waals surface area contributed by atoms with Crippen LogP contribution in [0.4, 0.5) is 0 Å². The van der Waals surface area contributed by atoms with E-state index < -0.39 is 6.23 Å². The molecule has 0 spiro atoms. The first-order chi connectivity index (χ1) is 6.09. The van der Waals surface area contributed by atoms with Crippen molar-refractivity contribution >= 4 is 0 Å². The standard InChI is InChI=1S/C7H19N5O/c1-10-2-4-11(5-3-10)6-7(13)12(8)9/h7,13H,2-6,8-9H2,1H3. The van der Waals surface area contributed by atoms with Gasteiger partial charge < -0.3 is 10.0 Å². The molecule has 6 heteroatoms. The lowest BCUT2D eigenvalue weighted by Gasteiger charge is -2.34. The highest BCUT2D eigenvalue weighted by atomic mass is 16.3. The maximum absolute atomic E-state index is 9.37. The van der Waals surface area contributed by atoms with E-state index in [9.17, 15) is 5.11 Å². The Bertz CT molecular complexity index is 146. The molecule has 0 saturated carbocycles. The Morgan fingerprint density at radius 3 is 2.31 bits per heavy atom. The molecule has 13 heavy (non-hydrogen) atoms. The van der Waals surface area contributed by atoms with Gasteiger partial charge in [0.2, 0.25) is 0 Å². The highest BCUT2D eigenvalue weighted by molar-refractivity contribution is 4.70. The molecule has 0 bridgehead atoms. The fourth-order valence-electron chi connectivity index (χ4n) is 1.36. The van der Waals surface area contributed by atoms with Gasteiger partial charge in [-0.15, -0.1) is 0 Å². The fraction of sp³-hybridized carbons (Fsp3) is 1.00. The first kappa shape index (κ1) is 10.8. The van der Waals surface area contributed by atoms with E-state index in [2.05, 4.69) is 16.8 Å². The Hall–Kier alpha value is -0.240. The van der Waals surface area contributed by atoms with Crippen LogP contribution in [0.5, 0.6) is 0 Å². The molecule has 1 fully saturated rings. The third-order valence-corrected chi connectivity index (χ3v) is 2.36. The number of hydrogen-bond donors (Lipinski definition) is 3. The summed E-state index contributed by atoms with van der Waals surface area (Å²) < 4.78 is 0. The normalized spacial score (nSPS) is 23.8. The molecule has 1 aliphatic heterocycles. The van der Waals surface area contributed by atoms with Gasteiger partial charge in [0, 0.05) is 32.7 Å². The predicted octanol–water partition coefficient (Wildman–Crippen LogP) is -2.40.